The molecule has 0 aliphatic heterocycles. The van der Waals surface area contributed by atoms with E-state index in [9.17, 15) is 14.4 Å². The lowest BCUT2D eigenvalue weighted by molar-refractivity contribution is -0.116. The molecular formula is C21H21N3O5. The number of ether oxygens (including phenoxy) is 2. The van der Waals surface area contributed by atoms with Crippen LogP contribution in [0.1, 0.15) is 5.56 Å². The first-order valence-electron chi connectivity index (χ1n) is 8.88. The molecule has 1 heterocycles. The number of carbonyl (C=O) groups excluding carboxylic acids is 1. The molecule has 8 heteroatoms. The molecular weight excluding hydrogens is 374 g/mol. The molecule has 0 fully saturated rings. The van der Waals surface area contributed by atoms with Crippen LogP contribution in [0.25, 0.3) is 0 Å². The third kappa shape index (κ3) is 4.73. The van der Waals surface area contributed by atoms with Gasteiger partial charge in [-0.05, 0) is 17.7 Å². The van der Waals surface area contributed by atoms with Gasteiger partial charge in [-0.15, -0.1) is 0 Å². The molecule has 0 aliphatic rings. The third-order valence-corrected chi connectivity index (χ3v) is 4.30. The molecule has 0 aliphatic carbocycles. The van der Waals surface area contributed by atoms with Crippen LogP contribution in [0.4, 0.5) is 5.69 Å². The number of hydrogen-bond donors (Lipinski definition) is 1. The maximum atomic E-state index is 12.7. The topological polar surface area (TPSA) is 91.6 Å². The van der Waals surface area contributed by atoms with Crippen LogP contribution in [0.3, 0.4) is 0 Å². The normalized spacial score (nSPS) is 10.4. The summed E-state index contributed by atoms with van der Waals surface area (Å²) in [5, 5.41) is 2.66. The SMILES string of the molecule is COc1ccc(NC(=O)Cn2c(=O)ccn(Cc3ccccc3)c2=O)cc1OC. The number of hydrogen-bond acceptors (Lipinski definition) is 5. The molecule has 1 aromatic heterocycles. The zero-order valence-electron chi connectivity index (χ0n) is 16.1. The molecule has 150 valence electrons. The van der Waals surface area contributed by atoms with Crippen molar-refractivity contribution >= 4 is 11.6 Å². The average Bonchev–Trinajstić information content (AvgIpc) is 2.74. The summed E-state index contributed by atoms with van der Waals surface area (Å²) in [6.07, 6.45) is 1.43. The van der Waals surface area contributed by atoms with Crippen LogP contribution in [-0.2, 0) is 17.9 Å². The van der Waals surface area contributed by atoms with Crippen molar-refractivity contribution in [3.05, 3.63) is 87.2 Å². The Kier molecular flexibility index (Phi) is 6.13. The highest BCUT2D eigenvalue weighted by atomic mass is 16.5. The van der Waals surface area contributed by atoms with Crippen molar-refractivity contribution in [2.75, 3.05) is 19.5 Å². The molecule has 1 amide bonds. The number of benzene rings is 2. The summed E-state index contributed by atoms with van der Waals surface area (Å²) in [7, 11) is 3.00. The number of nitrogens with one attached hydrogen (secondary N) is 1. The summed E-state index contributed by atoms with van der Waals surface area (Å²) < 4.78 is 12.7. The molecule has 1 N–H and O–H groups in total. The van der Waals surface area contributed by atoms with Gasteiger partial charge >= 0.3 is 5.69 Å². The molecule has 3 aromatic rings. The van der Waals surface area contributed by atoms with E-state index in [0.717, 1.165) is 10.1 Å². The first-order valence-corrected chi connectivity index (χ1v) is 8.88. The van der Waals surface area contributed by atoms with Crippen LogP contribution >= 0.6 is 0 Å². The lowest BCUT2D eigenvalue weighted by Gasteiger charge is -2.12. The van der Waals surface area contributed by atoms with E-state index in [1.807, 2.05) is 30.3 Å². The number of methoxy groups -OCH3 is 2. The van der Waals surface area contributed by atoms with Gasteiger partial charge in [0.25, 0.3) is 5.56 Å². The minimum atomic E-state index is -0.552. The standard InChI is InChI=1S/C21H21N3O5/c1-28-17-9-8-16(12-18(17)29-2)22-19(25)14-24-20(26)10-11-23(21(24)27)13-15-6-4-3-5-7-15/h3-12H,13-14H2,1-2H3,(H,22,25). The van der Waals surface area contributed by atoms with E-state index in [2.05, 4.69) is 5.32 Å². The van der Waals surface area contributed by atoms with E-state index in [-0.39, 0.29) is 0 Å². The van der Waals surface area contributed by atoms with Gasteiger partial charge in [-0.2, -0.15) is 0 Å². The van der Waals surface area contributed by atoms with Gasteiger partial charge in [0, 0.05) is 24.0 Å². The first kappa shape index (κ1) is 19.9. The van der Waals surface area contributed by atoms with Crippen molar-refractivity contribution in [3.63, 3.8) is 0 Å². The second-order valence-electron chi connectivity index (χ2n) is 6.25. The molecule has 0 atom stereocenters. The van der Waals surface area contributed by atoms with Crippen LogP contribution in [-0.4, -0.2) is 29.3 Å². The molecule has 8 nitrogen and oxygen atoms in total. The Balaban J connectivity index is 1.79. The monoisotopic (exact) mass is 395 g/mol. The van der Waals surface area contributed by atoms with Gasteiger partial charge in [0.15, 0.2) is 11.5 Å². The fourth-order valence-corrected chi connectivity index (χ4v) is 2.86. The van der Waals surface area contributed by atoms with Gasteiger partial charge in [-0.3, -0.25) is 18.7 Å². The Labute approximate surface area is 166 Å². The maximum Gasteiger partial charge on any atom is 0.331 e. The quantitative estimate of drug-likeness (QED) is 0.658. The summed E-state index contributed by atoms with van der Waals surface area (Å²) in [6, 6.07) is 15.5. The number of carbonyl (C=O) groups is 1. The molecule has 0 radical (unpaired) electrons. The maximum absolute atomic E-state index is 12.7. The third-order valence-electron chi connectivity index (χ3n) is 4.30. The van der Waals surface area contributed by atoms with Gasteiger partial charge in [0.05, 0.1) is 20.8 Å². The van der Waals surface area contributed by atoms with Crippen LogP contribution in [0.2, 0.25) is 0 Å². The van der Waals surface area contributed by atoms with Crippen molar-refractivity contribution in [3.8, 4) is 11.5 Å². The molecule has 0 spiro atoms. The zero-order chi connectivity index (χ0) is 20.8. The highest BCUT2D eigenvalue weighted by molar-refractivity contribution is 5.90. The van der Waals surface area contributed by atoms with Crippen molar-refractivity contribution in [2.45, 2.75) is 13.1 Å². The van der Waals surface area contributed by atoms with Gasteiger partial charge in [0.1, 0.15) is 6.54 Å². The highest BCUT2D eigenvalue weighted by Gasteiger charge is 2.12. The summed E-state index contributed by atoms with van der Waals surface area (Å²) in [4.78, 5) is 37.2. The van der Waals surface area contributed by atoms with Gasteiger partial charge in [0.2, 0.25) is 5.91 Å². The lowest BCUT2D eigenvalue weighted by atomic mass is 10.2. The van der Waals surface area contributed by atoms with E-state index in [0.29, 0.717) is 23.7 Å². The number of amides is 1. The Hall–Kier alpha value is -3.81. The fourth-order valence-electron chi connectivity index (χ4n) is 2.86. The average molecular weight is 395 g/mol. The number of nitrogens with zero attached hydrogens (tertiary/aromatic N) is 2. The minimum absolute atomic E-state index is 0.303. The Morgan fingerprint density at radius 1 is 0.966 bits per heavy atom. The lowest BCUT2D eigenvalue weighted by Crippen LogP contribution is -2.41. The van der Waals surface area contributed by atoms with Crippen LogP contribution < -0.4 is 26.0 Å². The fraction of sp³-hybridized carbons (Fsp3) is 0.190. The van der Waals surface area contributed by atoms with Gasteiger partial charge in [-0.1, -0.05) is 30.3 Å². The summed E-state index contributed by atoms with van der Waals surface area (Å²) >= 11 is 0. The molecule has 0 saturated carbocycles. The Morgan fingerprint density at radius 2 is 1.69 bits per heavy atom. The summed E-state index contributed by atoms with van der Waals surface area (Å²) in [5.41, 5.74) is 0.279. The zero-order valence-corrected chi connectivity index (χ0v) is 16.1. The second kappa shape index (κ2) is 8.92. The van der Waals surface area contributed by atoms with E-state index >= 15 is 0 Å². The molecule has 2 aromatic carbocycles. The van der Waals surface area contributed by atoms with Crippen molar-refractivity contribution in [1.29, 1.82) is 0 Å². The molecule has 0 unspecified atom stereocenters. The predicted molar refractivity (Wildman–Crippen MR) is 109 cm³/mol. The molecule has 0 bridgehead atoms. The Bertz CT molecular complexity index is 1120. The van der Waals surface area contributed by atoms with Gasteiger partial charge < -0.3 is 14.8 Å². The van der Waals surface area contributed by atoms with Crippen molar-refractivity contribution in [1.82, 2.24) is 9.13 Å². The van der Waals surface area contributed by atoms with Crippen LogP contribution in [0.15, 0.2) is 70.4 Å². The highest BCUT2D eigenvalue weighted by Crippen LogP contribution is 2.29. The van der Waals surface area contributed by atoms with Crippen molar-refractivity contribution in [2.24, 2.45) is 0 Å². The van der Waals surface area contributed by atoms with E-state index < -0.39 is 23.7 Å². The largest absolute Gasteiger partial charge is 0.493 e. The summed E-state index contributed by atoms with van der Waals surface area (Å²) in [6.45, 7) is -0.0983. The smallest absolute Gasteiger partial charge is 0.331 e. The number of aromatic nitrogens is 2. The second-order valence-corrected chi connectivity index (χ2v) is 6.25. The Morgan fingerprint density at radius 3 is 2.38 bits per heavy atom. The number of rotatable bonds is 7. The number of anilines is 1. The van der Waals surface area contributed by atoms with Crippen molar-refractivity contribution < 1.29 is 14.3 Å². The van der Waals surface area contributed by atoms with E-state index in [1.54, 1.807) is 18.2 Å². The van der Waals surface area contributed by atoms with E-state index in [1.165, 1.54) is 31.0 Å². The van der Waals surface area contributed by atoms with E-state index in [4.69, 9.17) is 9.47 Å². The molecule has 0 saturated heterocycles. The first-order chi connectivity index (χ1) is 14.0. The van der Waals surface area contributed by atoms with Gasteiger partial charge in [-0.25, -0.2) is 4.79 Å². The van der Waals surface area contributed by atoms with Crippen LogP contribution in [0.5, 0.6) is 11.5 Å². The predicted octanol–water partition coefficient (Wildman–Crippen LogP) is 1.71. The van der Waals surface area contributed by atoms with Crippen LogP contribution in [0, 0.1) is 0 Å². The molecule has 3 rings (SSSR count). The minimum Gasteiger partial charge on any atom is -0.493 e. The molecule has 29 heavy (non-hydrogen) atoms. The summed E-state index contributed by atoms with van der Waals surface area (Å²) in [5.74, 6) is 0.467.